The zero-order valence-electron chi connectivity index (χ0n) is 10.7. The molecule has 1 aromatic heterocycles. The molecule has 0 amide bonds. The average Bonchev–Trinajstić information content (AvgIpc) is 2.58. The van der Waals surface area contributed by atoms with E-state index >= 15 is 0 Å². The van der Waals surface area contributed by atoms with Crippen molar-refractivity contribution in [1.82, 2.24) is 9.78 Å². The summed E-state index contributed by atoms with van der Waals surface area (Å²) in [6.07, 6.45) is 2.19. The van der Waals surface area contributed by atoms with E-state index in [1.54, 1.807) is 18.7 Å². The van der Waals surface area contributed by atoms with Crippen molar-refractivity contribution < 1.29 is 9.47 Å². The lowest BCUT2D eigenvalue weighted by atomic mass is 10.3. The molecule has 1 heterocycles. The van der Waals surface area contributed by atoms with E-state index in [1.807, 2.05) is 0 Å². The molecule has 0 fully saturated rings. The van der Waals surface area contributed by atoms with Crippen LogP contribution in [0.2, 0.25) is 0 Å². The maximum absolute atomic E-state index is 8.97. The second kappa shape index (κ2) is 6.92. The van der Waals surface area contributed by atoms with Gasteiger partial charge in [-0.05, 0) is 13.3 Å². The molecule has 0 saturated carbocycles. The Bertz CT molecular complexity index is 393. The molecule has 0 aromatic carbocycles. The smallest absolute Gasteiger partial charge is 0.230 e. The molecule has 5 heteroatoms. The van der Waals surface area contributed by atoms with E-state index in [9.17, 15) is 0 Å². The zero-order valence-corrected chi connectivity index (χ0v) is 10.7. The van der Waals surface area contributed by atoms with E-state index in [0.29, 0.717) is 30.4 Å². The van der Waals surface area contributed by atoms with Gasteiger partial charge in [-0.25, -0.2) is 4.68 Å². The van der Waals surface area contributed by atoms with Crippen molar-refractivity contribution in [3.63, 3.8) is 0 Å². The summed E-state index contributed by atoms with van der Waals surface area (Å²) in [5.74, 6) is 0.518. The van der Waals surface area contributed by atoms with Crippen LogP contribution in [0, 0.1) is 18.3 Å². The van der Waals surface area contributed by atoms with Crippen molar-refractivity contribution in [2.24, 2.45) is 7.05 Å². The summed E-state index contributed by atoms with van der Waals surface area (Å²) >= 11 is 0. The third-order valence-corrected chi connectivity index (χ3v) is 2.39. The summed E-state index contributed by atoms with van der Waals surface area (Å²) in [6.45, 7) is 5.66. The third kappa shape index (κ3) is 3.75. The summed E-state index contributed by atoms with van der Waals surface area (Å²) in [4.78, 5) is 0. The second-order valence-electron chi connectivity index (χ2n) is 3.82. The van der Waals surface area contributed by atoms with Crippen LogP contribution in [0.3, 0.4) is 0 Å². The van der Waals surface area contributed by atoms with Crippen LogP contribution in [-0.2, 0) is 11.8 Å². The van der Waals surface area contributed by atoms with Crippen LogP contribution in [0.15, 0.2) is 0 Å². The first-order valence-electron chi connectivity index (χ1n) is 5.85. The standard InChI is InChI=1S/C12H19N3O2/c1-4-5-6-16-7-8-17-12-11(9-13)10(2)14-15(12)3/h4-8H2,1-3H3. The minimum absolute atomic E-state index is 0.442. The van der Waals surface area contributed by atoms with Gasteiger partial charge in [-0.1, -0.05) is 13.3 Å². The highest BCUT2D eigenvalue weighted by Gasteiger charge is 2.13. The van der Waals surface area contributed by atoms with Crippen LogP contribution in [0.5, 0.6) is 5.88 Å². The number of nitriles is 1. The van der Waals surface area contributed by atoms with E-state index in [4.69, 9.17) is 14.7 Å². The Morgan fingerprint density at radius 2 is 2.12 bits per heavy atom. The third-order valence-electron chi connectivity index (χ3n) is 2.39. The fourth-order valence-corrected chi connectivity index (χ4v) is 1.48. The molecule has 0 saturated heterocycles. The van der Waals surface area contributed by atoms with Crippen LogP contribution in [0.25, 0.3) is 0 Å². The topological polar surface area (TPSA) is 60.1 Å². The Labute approximate surface area is 102 Å². The van der Waals surface area contributed by atoms with Crippen molar-refractivity contribution in [3.8, 4) is 11.9 Å². The Kier molecular flexibility index (Phi) is 5.50. The molecular formula is C12H19N3O2. The number of aromatic nitrogens is 2. The van der Waals surface area contributed by atoms with Crippen molar-refractivity contribution in [1.29, 1.82) is 5.26 Å². The summed E-state index contributed by atoms with van der Waals surface area (Å²) < 4.78 is 12.5. The SMILES string of the molecule is CCCCOCCOc1c(C#N)c(C)nn1C. The van der Waals surface area contributed by atoms with Gasteiger partial charge in [0.2, 0.25) is 5.88 Å². The predicted molar refractivity (Wildman–Crippen MR) is 63.9 cm³/mol. The molecule has 17 heavy (non-hydrogen) atoms. The largest absolute Gasteiger partial charge is 0.474 e. The number of rotatable bonds is 7. The number of unbranched alkanes of at least 4 members (excludes halogenated alkanes) is 1. The first-order chi connectivity index (χ1) is 8.20. The molecule has 5 nitrogen and oxygen atoms in total. The van der Waals surface area contributed by atoms with Gasteiger partial charge in [0.25, 0.3) is 0 Å². The lowest BCUT2D eigenvalue weighted by molar-refractivity contribution is 0.0949. The van der Waals surface area contributed by atoms with Gasteiger partial charge in [-0.3, -0.25) is 0 Å². The fraction of sp³-hybridized carbons (Fsp3) is 0.667. The lowest BCUT2D eigenvalue weighted by Gasteiger charge is -2.07. The molecule has 0 bridgehead atoms. The van der Waals surface area contributed by atoms with E-state index in [0.717, 1.165) is 19.4 Å². The molecular weight excluding hydrogens is 218 g/mol. The van der Waals surface area contributed by atoms with E-state index in [-0.39, 0.29) is 0 Å². The number of ether oxygens (including phenoxy) is 2. The predicted octanol–water partition coefficient (Wildman–Crippen LogP) is 1.80. The Morgan fingerprint density at radius 1 is 1.35 bits per heavy atom. The number of hydrogen-bond donors (Lipinski definition) is 0. The van der Waals surface area contributed by atoms with Crippen molar-refractivity contribution in [3.05, 3.63) is 11.3 Å². The lowest BCUT2D eigenvalue weighted by Crippen LogP contribution is -2.10. The highest BCUT2D eigenvalue weighted by molar-refractivity contribution is 5.41. The van der Waals surface area contributed by atoms with Gasteiger partial charge in [0.15, 0.2) is 0 Å². The van der Waals surface area contributed by atoms with Gasteiger partial charge >= 0.3 is 0 Å². The quantitative estimate of drug-likeness (QED) is 0.678. The molecule has 0 N–H and O–H groups in total. The van der Waals surface area contributed by atoms with E-state index in [1.165, 1.54) is 0 Å². The minimum Gasteiger partial charge on any atom is -0.474 e. The molecule has 0 aliphatic rings. The monoisotopic (exact) mass is 237 g/mol. The van der Waals surface area contributed by atoms with Crippen LogP contribution in [-0.4, -0.2) is 29.6 Å². The van der Waals surface area contributed by atoms with Crippen molar-refractivity contribution in [2.75, 3.05) is 19.8 Å². The van der Waals surface area contributed by atoms with Gasteiger partial charge in [-0.15, -0.1) is 0 Å². The van der Waals surface area contributed by atoms with Crippen LogP contribution in [0.4, 0.5) is 0 Å². The molecule has 0 radical (unpaired) electrons. The molecule has 1 rings (SSSR count). The fourth-order valence-electron chi connectivity index (χ4n) is 1.48. The van der Waals surface area contributed by atoms with Gasteiger partial charge < -0.3 is 9.47 Å². The molecule has 0 atom stereocenters. The number of nitrogens with zero attached hydrogens (tertiary/aromatic N) is 3. The summed E-state index contributed by atoms with van der Waals surface area (Å²) in [6, 6.07) is 2.10. The normalized spacial score (nSPS) is 10.2. The van der Waals surface area contributed by atoms with Gasteiger partial charge in [0, 0.05) is 13.7 Å². The molecule has 94 valence electrons. The zero-order chi connectivity index (χ0) is 12.7. The number of hydrogen-bond acceptors (Lipinski definition) is 4. The molecule has 0 aliphatic heterocycles. The summed E-state index contributed by atoms with van der Waals surface area (Å²) in [5.41, 5.74) is 1.19. The van der Waals surface area contributed by atoms with Crippen molar-refractivity contribution >= 4 is 0 Å². The number of aryl methyl sites for hydroxylation is 2. The molecule has 0 aliphatic carbocycles. The highest BCUT2D eigenvalue weighted by Crippen LogP contribution is 2.19. The summed E-state index contributed by atoms with van der Waals surface area (Å²) in [7, 11) is 1.76. The first kappa shape index (κ1) is 13.5. The Balaban J connectivity index is 2.39. The van der Waals surface area contributed by atoms with E-state index in [2.05, 4.69) is 18.1 Å². The highest BCUT2D eigenvalue weighted by atomic mass is 16.5. The summed E-state index contributed by atoms with van der Waals surface area (Å²) in [5, 5.41) is 13.1. The first-order valence-corrected chi connectivity index (χ1v) is 5.85. The second-order valence-corrected chi connectivity index (χ2v) is 3.82. The minimum atomic E-state index is 0.442. The maximum Gasteiger partial charge on any atom is 0.230 e. The van der Waals surface area contributed by atoms with Crippen LogP contribution >= 0.6 is 0 Å². The Morgan fingerprint density at radius 3 is 2.76 bits per heavy atom. The van der Waals surface area contributed by atoms with E-state index < -0.39 is 0 Å². The van der Waals surface area contributed by atoms with Crippen molar-refractivity contribution in [2.45, 2.75) is 26.7 Å². The Hall–Kier alpha value is -1.54. The maximum atomic E-state index is 8.97. The average molecular weight is 237 g/mol. The van der Waals surface area contributed by atoms with Gasteiger partial charge in [0.1, 0.15) is 18.2 Å². The molecule has 1 aromatic rings. The molecule has 0 unspecified atom stereocenters. The van der Waals surface area contributed by atoms with Crippen LogP contribution in [0.1, 0.15) is 31.0 Å². The van der Waals surface area contributed by atoms with Gasteiger partial charge in [-0.2, -0.15) is 10.4 Å². The molecule has 0 spiro atoms. The van der Waals surface area contributed by atoms with Gasteiger partial charge in [0.05, 0.1) is 12.3 Å². The van der Waals surface area contributed by atoms with Crippen LogP contribution < -0.4 is 4.74 Å².